The van der Waals surface area contributed by atoms with Crippen molar-refractivity contribution in [2.75, 3.05) is 6.61 Å². The molecule has 0 atom stereocenters. The van der Waals surface area contributed by atoms with Crippen LogP contribution >= 0.6 is 0 Å². The summed E-state index contributed by atoms with van der Waals surface area (Å²) in [6.07, 6.45) is 0.757. The molecule has 77 valence electrons. The van der Waals surface area contributed by atoms with Gasteiger partial charge in [0.25, 0.3) is 0 Å². The number of hydrogen-bond acceptors (Lipinski definition) is 3. The first-order chi connectivity index (χ1) is 6.55. The van der Waals surface area contributed by atoms with Gasteiger partial charge in [0.2, 0.25) is 0 Å². The molecule has 0 aliphatic carbocycles. The largest absolute Gasteiger partial charge is 0.492 e. The smallest absolute Gasteiger partial charge is 0.327 e. The summed E-state index contributed by atoms with van der Waals surface area (Å²) in [7, 11) is -4.44. The van der Waals surface area contributed by atoms with Crippen LogP contribution in [-0.2, 0) is 14.7 Å². The molecule has 1 rings (SSSR count). The van der Waals surface area contributed by atoms with Crippen LogP contribution in [0.3, 0.4) is 0 Å². The van der Waals surface area contributed by atoms with Crippen molar-refractivity contribution in [1.29, 1.82) is 0 Å². The van der Waals surface area contributed by atoms with Crippen molar-refractivity contribution < 1.29 is 17.7 Å². The summed E-state index contributed by atoms with van der Waals surface area (Å²) in [6.45, 7) is 2.29. The van der Waals surface area contributed by atoms with E-state index in [-0.39, 0.29) is 10.6 Å². The number of ether oxygens (including phenoxy) is 1. The Bertz CT molecular complexity index is 397. The van der Waals surface area contributed by atoms with Gasteiger partial charge < -0.3 is 4.74 Å². The SMILES string of the molecule is CCCOc1ccccc1S([O])(=O)=O. The van der Waals surface area contributed by atoms with E-state index in [0.29, 0.717) is 6.61 Å². The van der Waals surface area contributed by atoms with Crippen LogP contribution in [0.25, 0.3) is 0 Å². The van der Waals surface area contributed by atoms with Crippen LogP contribution in [0.4, 0.5) is 0 Å². The fourth-order valence-corrected chi connectivity index (χ4v) is 1.61. The summed E-state index contributed by atoms with van der Waals surface area (Å²) in [5, 5.41) is 0. The van der Waals surface area contributed by atoms with Crippen LogP contribution in [0.5, 0.6) is 5.75 Å². The molecule has 1 aromatic rings. The predicted octanol–water partition coefficient (Wildman–Crippen LogP) is 1.59. The van der Waals surface area contributed by atoms with Crippen molar-refractivity contribution in [3.63, 3.8) is 0 Å². The molecule has 14 heavy (non-hydrogen) atoms. The van der Waals surface area contributed by atoms with E-state index >= 15 is 0 Å². The van der Waals surface area contributed by atoms with Gasteiger partial charge >= 0.3 is 10.1 Å². The van der Waals surface area contributed by atoms with Crippen LogP contribution in [0.2, 0.25) is 0 Å². The molecule has 0 aliphatic heterocycles. The summed E-state index contributed by atoms with van der Waals surface area (Å²) >= 11 is 0. The summed E-state index contributed by atoms with van der Waals surface area (Å²) in [5.74, 6) is 0.129. The van der Waals surface area contributed by atoms with Crippen molar-refractivity contribution in [2.24, 2.45) is 0 Å². The zero-order valence-electron chi connectivity index (χ0n) is 7.76. The van der Waals surface area contributed by atoms with E-state index in [1.807, 2.05) is 6.92 Å². The lowest BCUT2D eigenvalue weighted by atomic mass is 10.3. The lowest BCUT2D eigenvalue weighted by Gasteiger charge is -2.06. The zero-order chi connectivity index (χ0) is 10.6. The van der Waals surface area contributed by atoms with Crippen molar-refractivity contribution in [3.05, 3.63) is 24.3 Å². The molecular formula is C9H11O4S. The lowest BCUT2D eigenvalue weighted by Crippen LogP contribution is -2.02. The van der Waals surface area contributed by atoms with Crippen molar-refractivity contribution in [3.8, 4) is 5.75 Å². The van der Waals surface area contributed by atoms with E-state index in [9.17, 15) is 13.0 Å². The summed E-state index contributed by atoms with van der Waals surface area (Å²) in [4.78, 5) is -0.298. The van der Waals surface area contributed by atoms with Crippen molar-refractivity contribution >= 4 is 10.1 Å². The van der Waals surface area contributed by atoms with E-state index < -0.39 is 10.1 Å². The van der Waals surface area contributed by atoms with Gasteiger partial charge in [-0.25, -0.2) is 0 Å². The first-order valence-electron chi connectivity index (χ1n) is 4.23. The quantitative estimate of drug-likeness (QED) is 0.766. The number of hydrogen-bond donors (Lipinski definition) is 0. The molecule has 0 saturated carbocycles. The highest BCUT2D eigenvalue weighted by atomic mass is 32.2. The Morgan fingerprint density at radius 1 is 1.29 bits per heavy atom. The molecule has 0 aromatic heterocycles. The van der Waals surface area contributed by atoms with Crippen molar-refractivity contribution in [1.82, 2.24) is 0 Å². The third kappa shape index (κ3) is 2.71. The third-order valence-corrected chi connectivity index (χ3v) is 2.46. The molecular weight excluding hydrogens is 204 g/mol. The topological polar surface area (TPSA) is 63.3 Å². The van der Waals surface area contributed by atoms with Gasteiger partial charge in [-0.3, -0.25) is 0 Å². The number of para-hydroxylation sites is 1. The molecule has 0 heterocycles. The highest BCUT2D eigenvalue weighted by Gasteiger charge is 2.17. The molecule has 0 N–H and O–H groups in total. The molecule has 1 aromatic carbocycles. The molecule has 0 aliphatic rings. The van der Waals surface area contributed by atoms with Crippen LogP contribution in [0.15, 0.2) is 29.2 Å². The van der Waals surface area contributed by atoms with Gasteiger partial charge in [0, 0.05) is 0 Å². The number of benzene rings is 1. The molecule has 0 fully saturated rings. The average Bonchev–Trinajstić information content (AvgIpc) is 2.14. The molecule has 1 radical (unpaired) electrons. The minimum Gasteiger partial charge on any atom is -0.492 e. The Labute approximate surface area is 83.3 Å². The fraction of sp³-hybridized carbons (Fsp3) is 0.333. The van der Waals surface area contributed by atoms with Gasteiger partial charge in [0.1, 0.15) is 10.6 Å². The average molecular weight is 215 g/mol. The maximum absolute atomic E-state index is 10.8. The van der Waals surface area contributed by atoms with Crippen LogP contribution < -0.4 is 4.74 Å². The molecule has 0 spiro atoms. The van der Waals surface area contributed by atoms with Crippen LogP contribution in [-0.4, -0.2) is 15.0 Å². The standard InChI is InChI=1S/C9H11O4S/c1-2-7-13-8-5-3-4-6-9(8)14(10,11)12/h3-6H,2,7H2,1H3. The molecule has 4 nitrogen and oxygen atoms in total. The third-order valence-electron chi connectivity index (χ3n) is 1.58. The minimum absolute atomic E-state index is 0.129. The Hall–Kier alpha value is -1.07. The Kier molecular flexibility index (Phi) is 3.49. The molecule has 0 bridgehead atoms. The van der Waals surface area contributed by atoms with E-state index in [1.165, 1.54) is 18.2 Å². The van der Waals surface area contributed by atoms with E-state index in [0.717, 1.165) is 6.42 Å². The Morgan fingerprint density at radius 2 is 1.93 bits per heavy atom. The van der Waals surface area contributed by atoms with Gasteiger partial charge in [0.05, 0.1) is 6.61 Å². The Balaban J connectivity index is 3.04. The molecule has 0 unspecified atom stereocenters. The maximum atomic E-state index is 10.8. The summed E-state index contributed by atoms with van der Waals surface area (Å²) < 4.78 is 37.5. The number of rotatable bonds is 4. The van der Waals surface area contributed by atoms with Crippen LogP contribution in [0.1, 0.15) is 13.3 Å². The van der Waals surface area contributed by atoms with Crippen LogP contribution in [0, 0.1) is 0 Å². The van der Waals surface area contributed by atoms with Gasteiger partial charge in [-0.05, 0) is 18.6 Å². The van der Waals surface area contributed by atoms with Gasteiger partial charge in [0.15, 0.2) is 0 Å². The molecule has 5 heteroatoms. The molecule has 0 amide bonds. The highest BCUT2D eigenvalue weighted by molar-refractivity contribution is 7.85. The highest BCUT2D eigenvalue weighted by Crippen LogP contribution is 2.23. The predicted molar refractivity (Wildman–Crippen MR) is 50.1 cm³/mol. The van der Waals surface area contributed by atoms with E-state index in [1.54, 1.807) is 6.07 Å². The monoisotopic (exact) mass is 215 g/mol. The first kappa shape index (κ1) is 11.0. The minimum atomic E-state index is -4.44. The zero-order valence-corrected chi connectivity index (χ0v) is 8.58. The summed E-state index contributed by atoms with van der Waals surface area (Å²) in [5.41, 5.74) is 0. The second-order valence-corrected chi connectivity index (χ2v) is 4.10. The van der Waals surface area contributed by atoms with E-state index in [2.05, 4.69) is 0 Å². The van der Waals surface area contributed by atoms with Gasteiger partial charge in [-0.15, -0.1) is 0 Å². The summed E-state index contributed by atoms with van der Waals surface area (Å²) in [6, 6.07) is 5.83. The Morgan fingerprint density at radius 3 is 2.50 bits per heavy atom. The second-order valence-electron chi connectivity index (χ2n) is 2.75. The molecule has 0 saturated heterocycles. The normalized spacial score (nSPS) is 11.3. The van der Waals surface area contributed by atoms with Gasteiger partial charge in [-0.1, -0.05) is 23.6 Å². The van der Waals surface area contributed by atoms with Gasteiger partial charge in [-0.2, -0.15) is 8.42 Å². The maximum Gasteiger partial charge on any atom is 0.327 e. The second kappa shape index (κ2) is 4.43. The van der Waals surface area contributed by atoms with Crippen molar-refractivity contribution in [2.45, 2.75) is 18.2 Å². The fourth-order valence-electron chi connectivity index (χ4n) is 0.988. The lowest BCUT2D eigenvalue weighted by molar-refractivity contribution is 0.306. The first-order valence-corrected chi connectivity index (χ1v) is 5.64. The van der Waals surface area contributed by atoms with E-state index in [4.69, 9.17) is 4.74 Å².